The molecule has 2 saturated heterocycles. The smallest absolute Gasteiger partial charge is 0.232 e. The summed E-state index contributed by atoms with van der Waals surface area (Å²) in [6, 6.07) is 13.6. The second kappa shape index (κ2) is 9.18. The maximum absolute atomic E-state index is 12.6. The predicted molar refractivity (Wildman–Crippen MR) is 132 cm³/mol. The lowest BCUT2D eigenvalue weighted by atomic mass is 10.1. The summed E-state index contributed by atoms with van der Waals surface area (Å²) in [6.45, 7) is 4.72. The van der Waals surface area contributed by atoms with Gasteiger partial charge in [0.1, 0.15) is 5.52 Å². The molecule has 0 saturated carbocycles. The van der Waals surface area contributed by atoms with E-state index in [1.165, 1.54) is 0 Å². The maximum Gasteiger partial charge on any atom is 0.232 e. The third-order valence-corrected chi connectivity index (χ3v) is 7.03. The van der Waals surface area contributed by atoms with Crippen LogP contribution in [0.5, 0.6) is 0 Å². The zero-order chi connectivity index (χ0) is 24.6. The predicted octanol–water partition coefficient (Wildman–Crippen LogP) is 3.32. The number of hydrogen-bond donors (Lipinski definition) is 0. The fourth-order valence-corrected chi connectivity index (χ4v) is 4.97. The van der Waals surface area contributed by atoms with Crippen LogP contribution in [0.3, 0.4) is 0 Å². The first kappa shape index (κ1) is 22.4. The Hall–Kier alpha value is -4.08. The fourth-order valence-electron chi connectivity index (χ4n) is 4.97. The molecule has 4 heterocycles. The van der Waals surface area contributed by atoms with Gasteiger partial charge in [0.2, 0.25) is 23.5 Å². The number of likely N-dealkylation sites (tertiary alicyclic amines) is 1. The first-order valence-electron chi connectivity index (χ1n) is 12.4. The Balaban J connectivity index is 1.15. The van der Waals surface area contributed by atoms with Crippen LogP contribution in [0.4, 0.5) is 5.69 Å². The quantitative estimate of drug-likeness (QED) is 0.412. The molecule has 10 heteroatoms. The number of fused-ring (bicyclic) bond motifs is 1. The van der Waals surface area contributed by atoms with Crippen LogP contribution in [-0.4, -0.2) is 61.5 Å². The fraction of sp³-hybridized carbons (Fsp3) is 0.385. The Morgan fingerprint density at radius 2 is 1.92 bits per heavy atom. The molecule has 184 valence electrons. The van der Waals surface area contributed by atoms with E-state index >= 15 is 0 Å². The van der Waals surface area contributed by atoms with Crippen LogP contribution in [-0.2, 0) is 16.1 Å². The molecule has 2 aliphatic rings. The number of nitrogens with zero attached hydrogens (tertiary/aromatic N) is 7. The molecule has 4 aromatic rings. The Morgan fingerprint density at radius 1 is 1.11 bits per heavy atom. The third-order valence-electron chi connectivity index (χ3n) is 7.03. The molecule has 2 fully saturated rings. The van der Waals surface area contributed by atoms with Gasteiger partial charge in [0.15, 0.2) is 0 Å². The second-order valence-corrected chi connectivity index (χ2v) is 9.55. The van der Waals surface area contributed by atoms with Gasteiger partial charge in [-0.3, -0.25) is 9.59 Å². The van der Waals surface area contributed by atoms with Crippen molar-refractivity contribution in [3.05, 3.63) is 53.9 Å². The molecule has 0 N–H and O–H groups in total. The lowest BCUT2D eigenvalue weighted by Gasteiger charge is -2.16. The second-order valence-electron chi connectivity index (χ2n) is 9.55. The molecule has 0 aliphatic carbocycles. The molecule has 2 aromatic heterocycles. The zero-order valence-electron chi connectivity index (χ0n) is 20.1. The molecule has 2 aliphatic heterocycles. The molecule has 0 radical (unpaired) electrons. The van der Waals surface area contributed by atoms with E-state index in [0.29, 0.717) is 43.2 Å². The molecule has 2 amide bonds. The van der Waals surface area contributed by atoms with E-state index in [9.17, 15) is 9.59 Å². The molecule has 2 aromatic carbocycles. The molecular weight excluding hydrogens is 458 g/mol. The highest BCUT2D eigenvalue weighted by atomic mass is 16.5. The summed E-state index contributed by atoms with van der Waals surface area (Å²) in [7, 11) is 0. The van der Waals surface area contributed by atoms with Crippen molar-refractivity contribution < 1.29 is 14.1 Å². The van der Waals surface area contributed by atoms with Gasteiger partial charge in [-0.25, -0.2) is 4.68 Å². The normalized spacial score (nSPS) is 18.0. The highest BCUT2D eigenvalue weighted by Gasteiger charge is 2.35. The summed E-state index contributed by atoms with van der Waals surface area (Å²) >= 11 is 0. The van der Waals surface area contributed by atoms with E-state index < -0.39 is 0 Å². The number of carbonyl (C=O) groups is 2. The van der Waals surface area contributed by atoms with Gasteiger partial charge in [-0.2, -0.15) is 4.98 Å². The van der Waals surface area contributed by atoms with Crippen LogP contribution < -0.4 is 4.90 Å². The minimum Gasteiger partial charge on any atom is -0.343 e. The number of aryl methyl sites for hydroxylation is 2. The van der Waals surface area contributed by atoms with E-state index in [0.717, 1.165) is 48.3 Å². The molecule has 10 nitrogen and oxygen atoms in total. The average Bonchev–Trinajstić information content (AvgIpc) is 3.69. The van der Waals surface area contributed by atoms with Crippen LogP contribution in [0, 0.1) is 6.92 Å². The summed E-state index contributed by atoms with van der Waals surface area (Å²) in [6.07, 6.45) is 2.91. The van der Waals surface area contributed by atoms with Gasteiger partial charge >= 0.3 is 0 Å². The van der Waals surface area contributed by atoms with Crippen LogP contribution in [0.15, 0.2) is 47.0 Å². The Kier molecular flexibility index (Phi) is 5.71. The van der Waals surface area contributed by atoms with E-state index in [2.05, 4.69) is 20.5 Å². The number of benzene rings is 2. The minimum absolute atomic E-state index is 0.0462. The van der Waals surface area contributed by atoms with Crippen molar-refractivity contribution in [2.75, 3.05) is 24.5 Å². The van der Waals surface area contributed by atoms with Gasteiger partial charge in [-0.05, 0) is 50.1 Å². The number of carbonyl (C=O) groups excluding carboxylic acids is 2. The van der Waals surface area contributed by atoms with Crippen LogP contribution in [0.25, 0.3) is 22.4 Å². The van der Waals surface area contributed by atoms with Gasteiger partial charge in [-0.15, -0.1) is 5.10 Å². The van der Waals surface area contributed by atoms with E-state index in [-0.39, 0.29) is 17.7 Å². The van der Waals surface area contributed by atoms with Crippen molar-refractivity contribution in [3.8, 4) is 11.4 Å². The summed E-state index contributed by atoms with van der Waals surface area (Å²) in [4.78, 5) is 33.3. The van der Waals surface area contributed by atoms with Gasteiger partial charge in [0.25, 0.3) is 0 Å². The van der Waals surface area contributed by atoms with Crippen molar-refractivity contribution in [2.45, 2.75) is 45.1 Å². The summed E-state index contributed by atoms with van der Waals surface area (Å²) in [5, 5.41) is 12.7. The summed E-state index contributed by atoms with van der Waals surface area (Å²) in [5.74, 6) is 0.963. The topological polar surface area (TPSA) is 110 Å². The number of anilines is 1. The van der Waals surface area contributed by atoms with Gasteiger partial charge in [0, 0.05) is 43.7 Å². The first-order chi connectivity index (χ1) is 17.5. The molecule has 0 bridgehead atoms. The van der Waals surface area contributed by atoms with Gasteiger partial charge in [0.05, 0.1) is 18.0 Å². The first-order valence-corrected chi connectivity index (χ1v) is 12.4. The number of rotatable bonds is 6. The molecular formula is C26H27N7O3. The Labute approximate surface area is 207 Å². The van der Waals surface area contributed by atoms with Crippen molar-refractivity contribution in [3.63, 3.8) is 0 Å². The Morgan fingerprint density at radius 3 is 2.72 bits per heavy atom. The molecule has 6 rings (SSSR count). The van der Waals surface area contributed by atoms with Gasteiger partial charge < -0.3 is 14.3 Å². The SMILES string of the molecule is Cc1ccc(N2C[C@@H](c3nc(-c4ccc5c(c4)nnn5CCC(=O)N4CCCC4)no3)CC2=O)cc1. The van der Waals surface area contributed by atoms with E-state index in [4.69, 9.17) is 4.52 Å². The maximum atomic E-state index is 12.6. The lowest BCUT2D eigenvalue weighted by molar-refractivity contribution is -0.130. The molecule has 0 spiro atoms. The minimum atomic E-state index is -0.155. The monoisotopic (exact) mass is 485 g/mol. The van der Waals surface area contributed by atoms with Crippen molar-refractivity contribution in [1.29, 1.82) is 0 Å². The van der Waals surface area contributed by atoms with Crippen LogP contribution in [0.1, 0.15) is 43.1 Å². The zero-order valence-corrected chi connectivity index (χ0v) is 20.1. The lowest BCUT2D eigenvalue weighted by Crippen LogP contribution is -2.28. The van der Waals surface area contributed by atoms with E-state index in [1.54, 1.807) is 9.58 Å². The highest BCUT2D eigenvalue weighted by Crippen LogP contribution is 2.32. The average molecular weight is 486 g/mol. The summed E-state index contributed by atoms with van der Waals surface area (Å²) in [5.41, 5.74) is 4.35. The van der Waals surface area contributed by atoms with Crippen molar-refractivity contribution >= 4 is 28.5 Å². The van der Waals surface area contributed by atoms with Crippen molar-refractivity contribution in [2.24, 2.45) is 0 Å². The Bertz CT molecular complexity index is 1420. The van der Waals surface area contributed by atoms with Crippen molar-refractivity contribution in [1.82, 2.24) is 30.0 Å². The number of aromatic nitrogens is 5. The van der Waals surface area contributed by atoms with Crippen LogP contribution >= 0.6 is 0 Å². The summed E-state index contributed by atoms with van der Waals surface area (Å²) < 4.78 is 7.32. The number of amides is 2. The standard InChI is InChI=1S/C26H27N7O3/c1-17-4-7-20(8-5-17)32-16-19(15-24(32)35)26-27-25(29-36-26)18-6-9-22-21(14-18)28-30-33(22)13-10-23(34)31-11-2-3-12-31/h4-9,14,19H,2-3,10-13,15-16H2,1H3/t19-/m0/s1. The van der Waals surface area contributed by atoms with Crippen LogP contribution in [0.2, 0.25) is 0 Å². The largest absolute Gasteiger partial charge is 0.343 e. The third kappa shape index (κ3) is 4.23. The van der Waals surface area contributed by atoms with Gasteiger partial charge in [-0.1, -0.05) is 28.1 Å². The molecule has 36 heavy (non-hydrogen) atoms. The molecule has 1 atom stereocenters. The number of hydrogen-bond acceptors (Lipinski definition) is 7. The van der Waals surface area contributed by atoms with E-state index in [1.807, 2.05) is 54.3 Å². The molecule has 0 unspecified atom stereocenters. The highest BCUT2D eigenvalue weighted by molar-refractivity contribution is 5.96.